The van der Waals surface area contributed by atoms with Crippen LogP contribution in [-0.2, 0) is 14.3 Å². The summed E-state index contributed by atoms with van der Waals surface area (Å²) < 4.78 is 10.5. The predicted molar refractivity (Wildman–Crippen MR) is 49.3 cm³/mol. The summed E-state index contributed by atoms with van der Waals surface area (Å²) >= 11 is 0. The highest BCUT2D eigenvalue weighted by Gasteiger charge is 2.33. The Morgan fingerprint density at radius 3 is 2.62 bits per heavy atom. The van der Waals surface area contributed by atoms with Gasteiger partial charge in [-0.3, -0.25) is 0 Å². The van der Waals surface area contributed by atoms with Crippen molar-refractivity contribution in [2.45, 2.75) is 45.5 Å². The van der Waals surface area contributed by atoms with Gasteiger partial charge in [0.2, 0.25) is 0 Å². The second-order valence-electron chi connectivity index (χ2n) is 3.61. The smallest absolute Gasteiger partial charge is 0.333 e. The Balaban J connectivity index is 2.29. The van der Waals surface area contributed by atoms with E-state index in [0.717, 1.165) is 6.42 Å². The monoisotopic (exact) mass is 184 g/mol. The Kier molecular flexibility index (Phi) is 3.09. The molecule has 3 unspecified atom stereocenters. The van der Waals surface area contributed by atoms with Crippen molar-refractivity contribution in [3.05, 3.63) is 12.2 Å². The summed E-state index contributed by atoms with van der Waals surface area (Å²) in [6.07, 6.45) is 1.17. The first-order valence-corrected chi connectivity index (χ1v) is 4.52. The number of ether oxygens (including phenoxy) is 2. The van der Waals surface area contributed by atoms with Crippen LogP contribution in [0.5, 0.6) is 0 Å². The van der Waals surface area contributed by atoms with Crippen molar-refractivity contribution >= 4 is 5.97 Å². The molecule has 3 heteroatoms. The largest absolute Gasteiger partial charge is 0.457 e. The second kappa shape index (κ2) is 3.92. The van der Waals surface area contributed by atoms with E-state index in [9.17, 15) is 4.79 Å². The van der Waals surface area contributed by atoms with Crippen molar-refractivity contribution in [3.63, 3.8) is 0 Å². The van der Waals surface area contributed by atoms with Crippen LogP contribution in [0.4, 0.5) is 0 Å². The lowest BCUT2D eigenvalue weighted by Crippen LogP contribution is -2.44. The van der Waals surface area contributed by atoms with Crippen LogP contribution in [0.1, 0.15) is 27.2 Å². The van der Waals surface area contributed by atoms with Gasteiger partial charge in [0.25, 0.3) is 0 Å². The van der Waals surface area contributed by atoms with Crippen molar-refractivity contribution in [3.8, 4) is 0 Å². The lowest BCUT2D eigenvalue weighted by Gasteiger charge is -2.37. The zero-order valence-electron chi connectivity index (χ0n) is 8.37. The van der Waals surface area contributed by atoms with Crippen LogP contribution in [0.2, 0.25) is 0 Å². The number of esters is 1. The molecule has 0 N–H and O–H groups in total. The first-order chi connectivity index (χ1) is 6.00. The van der Waals surface area contributed by atoms with E-state index in [1.807, 2.05) is 13.8 Å². The molecule has 0 aromatic heterocycles. The van der Waals surface area contributed by atoms with Crippen molar-refractivity contribution < 1.29 is 14.3 Å². The molecule has 0 aromatic carbocycles. The molecule has 1 fully saturated rings. The molecule has 1 rings (SSSR count). The molecule has 0 aliphatic carbocycles. The van der Waals surface area contributed by atoms with Crippen LogP contribution in [0, 0.1) is 0 Å². The maximum Gasteiger partial charge on any atom is 0.333 e. The minimum absolute atomic E-state index is 0.0679. The molecule has 74 valence electrons. The third kappa shape index (κ3) is 2.56. The molecule has 3 nitrogen and oxygen atoms in total. The molecule has 1 heterocycles. The quantitative estimate of drug-likeness (QED) is 0.494. The van der Waals surface area contributed by atoms with Gasteiger partial charge in [0, 0.05) is 12.0 Å². The fraction of sp³-hybridized carbons (Fsp3) is 0.700. The van der Waals surface area contributed by atoms with Gasteiger partial charge in [0.15, 0.2) is 0 Å². The van der Waals surface area contributed by atoms with Gasteiger partial charge < -0.3 is 9.47 Å². The third-order valence-corrected chi connectivity index (χ3v) is 2.14. The Labute approximate surface area is 78.7 Å². The van der Waals surface area contributed by atoms with E-state index >= 15 is 0 Å². The molecular weight excluding hydrogens is 168 g/mol. The standard InChI is InChI=1S/C10H16O3/c1-6(2)10(11)13-8(4)9-5-7(3)12-9/h7-9H,1,5H2,2-4H3. The summed E-state index contributed by atoms with van der Waals surface area (Å²) in [7, 11) is 0. The van der Waals surface area contributed by atoms with Crippen LogP contribution in [0.25, 0.3) is 0 Å². The highest BCUT2D eigenvalue weighted by Crippen LogP contribution is 2.24. The lowest BCUT2D eigenvalue weighted by molar-refractivity contribution is -0.182. The molecular formula is C10H16O3. The fourth-order valence-corrected chi connectivity index (χ4v) is 1.26. The van der Waals surface area contributed by atoms with Crippen molar-refractivity contribution in [1.29, 1.82) is 0 Å². The average molecular weight is 184 g/mol. The van der Waals surface area contributed by atoms with Gasteiger partial charge >= 0.3 is 5.97 Å². The van der Waals surface area contributed by atoms with Crippen molar-refractivity contribution in [1.82, 2.24) is 0 Å². The van der Waals surface area contributed by atoms with E-state index in [2.05, 4.69) is 6.58 Å². The summed E-state index contributed by atoms with van der Waals surface area (Å²) in [5.74, 6) is -0.337. The van der Waals surface area contributed by atoms with Gasteiger partial charge in [-0.05, 0) is 20.8 Å². The van der Waals surface area contributed by atoms with E-state index in [-0.39, 0.29) is 18.2 Å². The SMILES string of the molecule is C=C(C)C(=O)OC(C)C1CC(C)O1. The number of rotatable bonds is 3. The molecule has 0 bridgehead atoms. The summed E-state index contributed by atoms with van der Waals surface area (Å²) in [6.45, 7) is 9.00. The Bertz CT molecular complexity index is 216. The zero-order chi connectivity index (χ0) is 10.0. The molecule has 0 aromatic rings. The minimum atomic E-state index is -0.337. The molecule has 0 amide bonds. The zero-order valence-corrected chi connectivity index (χ0v) is 8.37. The van der Waals surface area contributed by atoms with E-state index in [4.69, 9.17) is 9.47 Å². The van der Waals surface area contributed by atoms with Crippen LogP contribution in [0.3, 0.4) is 0 Å². The van der Waals surface area contributed by atoms with Crippen LogP contribution in [-0.4, -0.2) is 24.3 Å². The highest BCUT2D eigenvalue weighted by atomic mass is 16.6. The van der Waals surface area contributed by atoms with E-state index in [0.29, 0.717) is 11.7 Å². The summed E-state index contributed by atoms with van der Waals surface area (Å²) in [5.41, 5.74) is 0.430. The Hall–Kier alpha value is -0.830. The highest BCUT2D eigenvalue weighted by molar-refractivity contribution is 5.87. The average Bonchev–Trinajstić information content (AvgIpc) is 1.98. The van der Waals surface area contributed by atoms with Gasteiger partial charge in [-0.1, -0.05) is 6.58 Å². The molecule has 3 atom stereocenters. The summed E-state index contributed by atoms with van der Waals surface area (Å²) in [4.78, 5) is 11.1. The predicted octanol–water partition coefficient (Wildman–Crippen LogP) is 1.67. The maximum absolute atomic E-state index is 11.1. The number of hydrogen-bond acceptors (Lipinski definition) is 3. The molecule has 13 heavy (non-hydrogen) atoms. The Morgan fingerprint density at radius 1 is 1.69 bits per heavy atom. The Morgan fingerprint density at radius 2 is 2.23 bits per heavy atom. The fourth-order valence-electron chi connectivity index (χ4n) is 1.26. The van der Waals surface area contributed by atoms with Crippen LogP contribution < -0.4 is 0 Å². The second-order valence-corrected chi connectivity index (χ2v) is 3.61. The summed E-state index contributed by atoms with van der Waals surface area (Å²) in [5, 5.41) is 0. The molecule has 1 aliphatic rings. The molecule has 0 spiro atoms. The van der Waals surface area contributed by atoms with E-state index in [1.165, 1.54) is 0 Å². The molecule has 1 saturated heterocycles. The summed E-state index contributed by atoms with van der Waals surface area (Å²) in [6, 6.07) is 0. The van der Waals surface area contributed by atoms with Gasteiger partial charge in [-0.15, -0.1) is 0 Å². The number of hydrogen-bond donors (Lipinski definition) is 0. The van der Waals surface area contributed by atoms with Gasteiger partial charge in [-0.25, -0.2) is 4.79 Å². The van der Waals surface area contributed by atoms with Crippen LogP contribution in [0.15, 0.2) is 12.2 Å². The molecule has 0 radical (unpaired) electrons. The topological polar surface area (TPSA) is 35.5 Å². The number of carbonyl (C=O) groups is 1. The van der Waals surface area contributed by atoms with Crippen LogP contribution >= 0.6 is 0 Å². The maximum atomic E-state index is 11.1. The lowest BCUT2D eigenvalue weighted by atomic mass is 10.0. The first-order valence-electron chi connectivity index (χ1n) is 4.52. The van der Waals surface area contributed by atoms with Crippen molar-refractivity contribution in [2.75, 3.05) is 0 Å². The van der Waals surface area contributed by atoms with E-state index in [1.54, 1.807) is 6.92 Å². The minimum Gasteiger partial charge on any atom is -0.457 e. The van der Waals surface area contributed by atoms with Gasteiger partial charge in [0.05, 0.1) is 12.2 Å². The van der Waals surface area contributed by atoms with Gasteiger partial charge in [0.1, 0.15) is 6.10 Å². The van der Waals surface area contributed by atoms with Crippen molar-refractivity contribution in [2.24, 2.45) is 0 Å². The third-order valence-electron chi connectivity index (χ3n) is 2.14. The first kappa shape index (κ1) is 10.3. The number of carbonyl (C=O) groups excluding carboxylic acids is 1. The normalized spacial score (nSPS) is 28.8. The van der Waals surface area contributed by atoms with E-state index < -0.39 is 0 Å². The molecule has 1 aliphatic heterocycles. The molecule has 0 saturated carbocycles. The van der Waals surface area contributed by atoms with Gasteiger partial charge in [-0.2, -0.15) is 0 Å².